The smallest absolute Gasteiger partial charge is 0.244 e. The lowest BCUT2D eigenvalue weighted by atomic mass is 9.90. The minimum atomic E-state index is -0.426. The van der Waals surface area contributed by atoms with Crippen LogP contribution >= 0.6 is 23.2 Å². The lowest BCUT2D eigenvalue weighted by Crippen LogP contribution is -2.48. The van der Waals surface area contributed by atoms with Crippen LogP contribution in [0.3, 0.4) is 0 Å². The van der Waals surface area contributed by atoms with E-state index in [1.807, 2.05) is 32.6 Å². The molecule has 1 fully saturated rings. The van der Waals surface area contributed by atoms with E-state index in [2.05, 4.69) is 5.32 Å². The lowest BCUT2D eigenvalue weighted by Gasteiger charge is -2.36. The molecule has 3 amide bonds. The van der Waals surface area contributed by atoms with Crippen LogP contribution in [0.25, 0.3) is 0 Å². The minimum absolute atomic E-state index is 0.0351. The topological polar surface area (TPSA) is 69.7 Å². The maximum absolute atomic E-state index is 13.1. The van der Waals surface area contributed by atoms with Crippen molar-refractivity contribution >= 4 is 46.6 Å². The summed E-state index contributed by atoms with van der Waals surface area (Å²) in [6.07, 6.45) is 1.98. The molecular formula is C22H31Cl2N3O3. The second-order valence-electron chi connectivity index (χ2n) is 8.75. The molecule has 0 spiro atoms. The Hall–Kier alpha value is -1.79. The summed E-state index contributed by atoms with van der Waals surface area (Å²) in [6.45, 7) is 9.26. The molecule has 1 aliphatic heterocycles. The largest absolute Gasteiger partial charge is 0.342 e. The summed E-state index contributed by atoms with van der Waals surface area (Å²) >= 11 is 12.1. The van der Waals surface area contributed by atoms with Crippen molar-refractivity contribution in [1.82, 2.24) is 9.80 Å². The summed E-state index contributed by atoms with van der Waals surface area (Å²) in [4.78, 5) is 41.5. The molecule has 1 saturated heterocycles. The molecule has 6 nitrogen and oxygen atoms in total. The van der Waals surface area contributed by atoms with Crippen molar-refractivity contribution in [1.29, 1.82) is 0 Å². The predicted molar refractivity (Wildman–Crippen MR) is 121 cm³/mol. The van der Waals surface area contributed by atoms with Crippen LogP contribution in [0, 0.1) is 11.3 Å². The van der Waals surface area contributed by atoms with E-state index in [0.717, 1.165) is 6.42 Å². The van der Waals surface area contributed by atoms with Crippen LogP contribution in [0.4, 0.5) is 5.69 Å². The Labute approximate surface area is 188 Å². The monoisotopic (exact) mass is 455 g/mol. The van der Waals surface area contributed by atoms with E-state index in [1.165, 1.54) is 0 Å². The van der Waals surface area contributed by atoms with Gasteiger partial charge in [-0.05, 0) is 37.5 Å². The van der Waals surface area contributed by atoms with Crippen molar-refractivity contribution in [2.75, 3.05) is 31.5 Å². The van der Waals surface area contributed by atoms with Crippen LogP contribution in [0.2, 0.25) is 10.0 Å². The zero-order valence-electron chi connectivity index (χ0n) is 18.1. The molecule has 0 saturated carbocycles. The molecule has 1 aliphatic rings. The number of rotatable bonds is 6. The van der Waals surface area contributed by atoms with Gasteiger partial charge in [-0.1, -0.05) is 50.9 Å². The molecule has 30 heavy (non-hydrogen) atoms. The van der Waals surface area contributed by atoms with E-state index in [-0.39, 0.29) is 30.2 Å². The Morgan fingerprint density at radius 1 is 1.17 bits per heavy atom. The van der Waals surface area contributed by atoms with Gasteiger partial charge in [-0.25, -0.2) is 0 Å². The number of nitrogens with zero attached hydrogens (tertiary/aromatic N) is 2. The maximum Gasteiger partial charge on any atom is 0.244 e. The van der Waals surface area contributed by atoms with Gasteiger partial charge < -0.3 is 15.1 Å². The highest BCUT2D eigenvalue weighted by molar-refractivity contribution is 6.35. The van der Waals surface area contributed by atoms with E-state index < -0.39 is 5.41 Å². The average molecular weight is 456 g/mol. The van der Waals surface area contributed by atoms with Gasteiger partial charge in [0.2, 0.25) is 17.7 Å². The molecule has 166 valence electrons. The minimum Gasteiger partial charge on any atom is -0.342 e. The quantitative estimate of drug-likeness (QED) is 0.688. The lowest BCUT2D eigenvalue weighted by molar-refractivity contribution is -0.145. The van der Waals surface area contributed by atoms with Crippen molar-refractivity contribution in [2.45, 2.75) is 47.0 Å². The molecule has 1 N–H and O–H groups in total. The average Bonchev–Trinajstić information content (AvgIpc) is 2.68. The van der Waals surface area contributed by atoms with Crippen LogP contribution in [0.1, 0.15) is 47.0 Å². The Kier molecular flexibility index (Phi) is 8.56. The number of piperidine rings is 1. The summed E-state index contributed by atoms with van der Waals surface area (Å²) in [5.74, 6) is -0.423. The Balaban J connectivity index is 1.97. The molecule has 0 atom stereocenters. The van der Waals surface area contributed by atoms with Gasteiger partial charge in [0.05, 0.1) is 17.3 Å². The fraction of sp³-hybridized carbons (Fsp3) is 0.591. The molecule has 0 aliphatic carbocycles. The van der Waals surface area contributed by atoms with Gasteiger partial charge in [0.25, 0.3) is 0 Å². The molecule has 0 radical (unpaired) electrons. The van der Waals surface area contributed by atoms with Crippen LogP contribution in [-0.4, -0.2) is 53.7 Å². The highest BCUT2D eigenvalue weighted by atomic mass is 35.5. The Morgan fingerprint density at radius 3 is 2.37 bits per heavy atom. The second kappa shape index (κ2) is 10.5. The summed E-state index contributed by atoms with van der Waals surface area (Å²) in [5, 5.41) is 3.59. The number of carbonyl (C=O) groups excluding carboxylic acids is 3. The number of amides is 3. The summed E-state index contributed by atoms with van der Waals surface area (Å²) in [7, 11) is 0. The van der Waals surface area contributed by atoms with Crippen molar-refractivity contribution in [3.8, 4) is 0 Å². The number of hydrogen-bond acceptors (Lipinski definition) is 3. The molecule has 0 unspecified atom stereocenters. The predicted octanol–water partition coefficient (Wildman–Crippen LogP) is 4.46. The molecular weight excluding hydrogens is 425 g/mol. The third-order valence-corrected chi connectivity index (χ3v) is 5.68. The van der Waals surface area contributed by atoms with Crippen LogP contribution in [0.15, 0.2) is 18.2 Å². The van der Waals surface area contributed by atoms with Gasteiger partial charge in [-0.2, -0.15) is 0 Å². The van der Waals surface area contributed by atoms with E-state index in [0.29, 0.717) is 48.2 Å². The van der Waals surface area contributed by atoms with Gasteiger partial charge in [0.1, 0.15) is 0 Å². The van der Waals surface area contributed by atoms with Crippen molar-refractivity contribution in [2.24, 2.45) is 11.3 Å². The molecule has 0 bridgehead atoms. The SMILES string of the molecule is CCCN(CC(=O)Nc1cc(Cl)ccc1Cl)C(=O)C1CCN(C(=O)C(C)(C)C)CC1. The van der Waals surface area contributed by atoms with E-state index in [9.17, 15) is 14.4 Å². The van der Waals surface area contributed by atoms with Crippen molar-refractivity contribution in [3.05, 3.63) is 28.2 Å². The van der Waals surface area contributed by atoms with Crippen LogP contribution < -0.4 is 5.32 Å². The zero-order valence-corrected chi connectivity index (χ0v) is 19.6. The zero-order chi connectivity index (χ0) is 22.5. The molecule has 8 heteroatoms. The van der Waals surface area contributed by atoms with E-state index in [4.69, 9.17) is 23.2 Å². The molecule has 1 heterocycles. The fourth-order valence-electron chi connectivity index (χ4n) is 3.56. The van der Waals surface area contributed by atoms with Crippen molar-refractivity contribution < 1.29 is 14.4 Å². The molecule has 2 rings (SSSR count). The summed E-state index contributed by atoms with van der Waals surface area (Å²) in [5.41, 5.74) is -0.00260. The Morgan fingerprint density at radius 2 is 1.80 bits per heavy atom. The standard InChI is InChI=1S/C22H31Cl2N3O3/c1-5-10-27(14-19(28)25-18-13-16(23)6-7-17(18)24)20(29)15-8-11-26(12-9-15)21(30)22(2,3)4/h6-7,13,15H,5,8-12,14H2,1-4H3,(H,25,28). The number of likely N-dealkylation sites (tertiary alicyclic amines) is 1. The number of halogens is 2. The highest BCUT2D eigenvalue weighted by Gasteiger charge is 2.34. The second-order valence-corrected chi connectivity index (χ2v) is 9.59. The number of anilines is 1. The number of carbonyl (C=O) groups is 3. The molecule has 1 aromatic rings. The van der Waals surface area contributed by atoms with Gasteiger partial charge in [-0.3, -0.25) is 14.4 Å². The highest BCUT2D eigenvalue weighted by Crippen LogP contribution is 2.26. The van der Waals surface area contributed by atoms with Gasteiger partial charge in [-0.15, -0.1) is 0 Å². The summed E-state index contributed by atoms with van der Waals surface area (Å²) < 4.78 is 0. The fourth-order valence-corrected chi connectivity index (χ4v) is 3.89. The van der Waals surface area contributed by atoms with Gasteiger partial charge >= 0.3 is 0 Å². The Bertz CT molecular complexity index is 784. The third kappa shape index (κ3) is 6.61. The normalized spacial score (nSPS) is 15.1. The molecule has 0 aromatic heterocycles. The maximum atomic E-state index is 13.1. The van der Waals surface area contributed by atoms with Gasteiger partial charge in [0.15, 0.2) is 0 Å². The van der Waals surface area contributed by atoms with Crippen LogP contribution in [-0.2, 0) is 14.4 Å². The first-order valence-electron chi connectivity index (χ1n) is 10.4. The van der Waals surface area contributed by atoms with E-state index in [1.54, 1.807) is 23.1 Å². The first kappa shape index (κ1) is 24.5. The van der Waals surface area contributed by atoms with Crippen LogP contribution in [0.5, 0.6) is 0 Å². The number of hydrogen-bond donors (Lipinski definition) is 1. The third-order valence-electron chi connectivity index (χ3n) is 5.12. The van der Waals surface area contributed by atoms with Gasteiger partial charge in [0, 0.05) is 36.0 Å². The molecule has 1 aromatic carbocycles. The number of benzene rings is 1. The van der Waals surface area contributed by atoms with E-state index >= 15 is 0 Å². The first-order valence-corrected chi connectivity index (χ1v) is 11.1. The first-order chi connectivity index (χ1) is 14.0. The summed E-state index contributed by atoms with van der Waals surface area (Å²) in [6, 6.07) is 4.83. The van der Waals surface area contributed by atoms with Crippen molar-refractivity contribution in [3.63, 3.8) is 0 Å². The number of nitrogens with one attached hydrogen (secondary N) is 1.